The van der Waals surface area contributed by atoms with Crippen LogP contribution in [-0.4, -0.2) is 9.97 Å². The van der Waals surface area contributed by atoms with Gasteiger partial charge in [-0.1, -0.05) is 6.07 Å². The van der Waals surface area contributed by atoms with E-state index in [0.717, 1.165) is 11.3 Å². The molecule has 2 aromatic heterocycles. The van der Waals surface area contributed by atoms with E-state index in [2.05, 4.69) is 23.0 Å². The lowest BCUT2D eigenvalue weighted by Gasteiger charge is -2.02. The first-order chi connectivity index (χ1) is 6.38. The smallest absolute Gasteiger partial charge is 0.0746 e. The quantitative estimate of drug-likeness (QED) is 0.657. The summed E-state index contributed by atoms with van der Waals surface area (Å²) < 4.78 is 0. The summed E-state index contributed by atoms with van der Waals surface area (Å²) in [6.07, 6.45) is 5.40. The van der Waals surface area contributed by atoms with Gasteiger partial charge in [0.25, 0.3) is 0 Å². The fourth-order valence-electron chi connectivity index (χ4n) is 1.29. The van der Waals surface area contributed by atoms with Crippen molar-refractivity contribution in [1.29, 1.82) is 0 Å². The maximum Gasteiger partial charge on any atom is 0.0746 e. The molecule has 0 radical (unpaired) electrons. The Bertz CT molecular complexity index is 396. The van der Waals surface area contributed by atoms with Crippen LogP contribution in [0.3, 0.4) is 0 Å². The third-order valence-corrected chi connectivity index (χ3v) is 1.94. The highest BCUT2D eigenvalue weighted by molar-refractivity contribution is 5.61. The first-order valence-electron chi connectivity index (χ1n) is 4.20. The molecule has 0 bridgehead atoms. The summed E-state index contributed by atoms with van der Waals surface area (Å²) in [5.41, 5.74) is 3.26. The van der Waals surface area contributed by atoms with Crippen molar-refractivity contribution < 1.29 is 0 Å². The molecule has 0 amide bonds. The molecule has 13 heavy (non-hydrogen) atoms. The highest BCUT2D eigenvalue weighted by atomic mass is 14.7. The van der Waals surface area contributed by atoms with Crippen molar-refractivity contribution in [2.24, 2.45) is 0 Å². The van der Waals surface area contributed by atoms with Crippen molar-refractivity contribution in [3.05, 3.63) is 48.4 Å². The minimum atomic E-state index is 1.01. The van der Waals surface area contributed by atoms with Crippen molar-refractivity contribution in [2.45, 2.75) is 6.92 Å². The minimum Gasteiger partial charge on any atom is -0.264 e. The number of aryl methyl sites for hydroxylation is 1. The zero-order valence-electron chi connectivity index (χ0n) is 7.44. The van der Waals surface area contributed by atoms with Crippen LogP contribution in [0.4, 0.5) is 0 Å². The molecule has 64 valence electrons. The maximum atomic E-state index is 4.31. The van der Waals surface area contributed by atoms with Gasteiger partial charge in [0, 0.05) is 24.2 Å². The van der Waals surface area contributed by atoms with Crippen LogP contribution in [-0.2, 0) is 0 Å². The Morgan fingerprint density at radius 3 is 2.62 bits per heavy atom. The second kappa shape index (κ2) is 3.35. The van der Waals surface area contributed by atoms with Crippen LogP contribution in [0.1, 0.15) is 5.56 Å². The van der Waals surface area contributed by atoms with Crippen molar-refractivity contribution in [3.63, 3.8) is 0 Å². The molecule has 2 heterocycles. The largest absolute Gasteiger partial charge is 0.264 e. The molecule has 0 spiro atoms. The Kier molecular flexibility index (Phi) is 2.04. The van der Waals surface area contributed by atoms with E-state index in [1.165, 1.54) is 5.56 Å². The number of aromatic nitrogens is 2. The zero-order chi connectivity index (χ0) is 9.10. The van der Waals surface area contributed by atoms with Crippen molar-refractivity contribution in [3.8, 4) is 11.3 Å². The van der Waals surface area contributed by atoms with Gasteiger partial charge in [0.1, 0.15) is 0 Å². The molecule has 0 aliphatic heterocycles. The van der Waals surface area contributed by atoms with Crippen molar-refractivity contribution >= 4 is 0 Å². The van der Waals surface area contributed by atoms with E-state index in [0.29, 0.717) is 0 Å². The number of hydrogen-bond acceptors (Lipinski definition) is 2. The van der Waals surface area contributed by atoms with Crippen LogP contribution in [0.2, 0.25) is 0 Å². The monoisotopic (exact) mass is 170 g/mol. The van der Waals surface area contributed by atoms with E-state index in [1.807, 2.05) is 24.4 Å². The third-order valence-electron chi connectivity index (χ3n) is 1.94. The normalized spacial score (nSPS) is 9.92. The number of hydrogen-bond donors (Lipinski definition) is 0. The maximum absolute atomic E-state index is 4.31. The Labute approximate surface area is 77.3 Å². The molecule has 0 aliphatic rings. The van der Waals surface area contributed by atoms with E-state index in [4.69, 9.17) is 0 Å². The Balaban J connectivity index is 2.54. The first-order valence-corrected chi connectivity index (χ1v) is 4.20. The molecule has 2 nitrogen and oxygen atoms in total. The molecule has 2 heteroatoms. The van der Waals surface area contributed by atoms with E-state index >= 15 is 0 Å². The minimum absolute atomic E-state index is 1.01. The summed E-state index contributed by atoms with van der Waals surface area (Å²) >= 11 is 0. The topological polar surface area (TPSA) is 25.8 Å². The van der Waals surface area contributed by atoms with Crippen LogP contribution >= 0.6 is 0 Å². The van der Waals surface area contributed by atoms with Crippen molar-refractivity contribution in [1.82, 2.24) is 9.97 Å². The summed E-state index contributed by atoms with van der Waals surface area (Å²) in [7, 11) is 0. The summed E-state index contributed by atoms with van der Waals surface area (Å²) in [6, 6.07) is 7.93. The molecule has 2 rings (SSSR count). The lowest BCUT2D eigenvalue weighted by atomic mass is 10.1. The predicted octanol–water partition coefficient (Wildman–Crippen LogP) is 2.45. The molecule has 2 aromatic rings. The van der Waals surface area contributed by atoms with Gasteiger partial charge in [0.2, 0.25) is 0 Å². The van der Waals surface area contributed by atoms with Gasteiger partial charge in [-0.2, -0.15) is 0 Å². The molecule has 0 aliphatic carbocycles. The van der Waals surface area contributed by atoms with Crippen LogP contribution in [0, 0.1) is 6.92 Å². The molecule has 0 aromatic carbocycles. The average Bonchev–Trinajstić information content (AvgIpc) is 2.20. The summed E-state index contributed by atoms with van der Waals surface area (Å²) in [6.45, 7) is 2.05. The van der Waals surface area contributed by atoms with E-state index in [9.17, 15) is 0 Å². The lowest BCUT2D eigenvalue weighted by molar-refractivity contribution is 1.24. The summed E-state index contributed by atoms with van der Waals surface area (Å²) in [4.78, 5) is 8.37. The Hall–Kier alpha value is -1.70. The van der Waals surface area contributed by atoms with Gasteiger partial charge in [-0.25, -0.2) is 0 Å². The molecule has 0 N–H and O–H groups in total. The Morgan fingerprint density at radius 1 is 1.08 bits per heavy atom. The second-order valence-corrected chi connectivity index (χ2v) is 2.91. The number of rotatable bonds is 1. The van der Waals surface area contributed by atoms with Gasteiger partial charge in [0.15, 0.2) is 0 Å². The van der Waals surface area contributed by atoms with Crippen molar-refractivity contribution in [2.75, 3.05) is 0 Å². The average molecular weight is 170 g/mol. The number of nitrogens with zero attached hydrogens (tertiary/aromatic N) is 2. The standard InChI is InChI=1S/C11H10N2/c1-9-4-2-7-13-11(9)10-5-3-6-12-8-10/h2-8H,1H3. The van der Waals surface area contributed by atoms with E-state index in [-0.39, 0.29) is 0 Å². The molecular formula is C11H10N2. The number of pyridine rings is 2. The molecule has 0 fully saturated rings. The molecular weight excluding hydrogens is 160 g/mol. The SMILES string of the molecule is Cc1cccnc1-c1cccnc1. The first kappa shape index (κ1) is 7.92. The van der Waals surface area contributed by atoms with Gasteiger partial charge < -0.3 is 0 Å². The molecule has 0 saturated carbocycles. The fourth-order valence-corrected chi connectivity index (χ4v) is 1.29. The summed E-state index contributed by atoms with van der Waals surface area (Å²) in [5.74, 6) is 0. The lowest BCUT2D eigenvalue weighted by Crippen LogP contribution is -1.86. The zero-order valence-corrected chi connectivity index (χ0v) is 7.44. The van der Waals surface area contributed by atoms with Gasteiger partial charge >= 0.3 is 0 Å². The highest BCUT2D eigenvalue weighted by Gasteiger charge is 2.00. The van der Waals surface area contributed by atoms with Crippen LogP contribution in [0.25, 0.3) is 11.3 Å². The third kappa shape index (κ3) is 1.56. The van der Waals surface area contributed by atoms with Gasteiger partial charge in [0.05, 0.1) is 5.69 Å². The molecule has 0 unspecified atom stereocenters. The molecule has 0 atom stereocenters. The highest BCUT2D eigenvalue weighted by Crippen LogP contribution is 2.18. The van der Waals surface area contributed by atoms with Gasteiger partial charge in [-0.15, -0.1) is 0 Å². The molecule has 0 saturated heterocycles. The second-order valence-electron chi connectivity index (χ2n) is 2.91. The van der Waals surface area contributed by atoms with Crippen LogP contribution < -0.4 is 0 Å². The fraction of sp³-hybridized carbons (Fsp3) is 0.0909. The Morgan fingerprint density at radius 2 is 1.92 bits per heavy atom. The van der Waals surface area contributed by atoms with E-state index < -0.39 is 0 Å². The van der Waals surface area contributed by atoms with Crippen LogP contribution in [0.15, 0.2) is 42.9 Å². The van der Waals surface area contributed by atoms with Crippen LogP contribution in [0.5, 0.6) is 0 Å². The van der Waals surface area contributed by atoms with Gasteiger partial charge in [-0.3, -0.25) is 9.97 Å². The predicted molar refractivity (Wildman–Crippen MR) is 52.2 cm³/mol. The van der Waals surface area contributed by atoms with E-state index in [1.54, 1.807) is 12.4 Å². The van der Waals surface area contributed by atoms with Gasteiger partial charge in [-0.05, 0) is 30.7 Å². The summed E-state index contributed by atoms with van der Waals surface area (Å²) in [5, 5.41) is 0.